The SMILES string of the molecule is N#Cc1ccc(Nc2ccccc2F)c(F)c1Br. The first-order valence-electron chi connectivity index (χ1n) is 5.03. The molecule has 1 N–H and O–H groups in total. The minimum atomic E-state index is -0.627. The van der Waals surface area contributed by atoms with Crippen molar-refractivity contribution in [3.63, 3.8) is 0 Å². The van der Waals surface area contributed by atoms with Crippen LogP contribution in [0.2, 0.25) is 0 Å². The zero-order valence-corrected chi connectivity index (χ0v) is 10.6. The summed E-state index contributed by atoms with van der Waals surface area (Å²) in [6, 6.07) is 10.7. The summed E-state index contributed by atoms with van der Waals surface area (Å²) in [6.45, 7) is 0. The molecule has 0 aliphatic heterocycles. The minimum Gasteiger partial charge on any atom is -0.351 e. The average molecular weight is 309 g/mol. The molecule has 0 unspecified atom stereocenters. The molecule has 0 aromatic heterocycles. The molecule has 0 bridgehead atoms. The average Bonchev–Trinajstić information content (AvgIpc) is 2.38. The Morgan fingerprint density at radius 1 is 1.06 bits per heavy atom. The van der Waals surface area contributed by atoms with Gasteiger partial charge in [-0.25, -0.2) is 8.78 Å². The number of hydrogen-bond donors (Lipinski definition) is 1. The normalized spacial score (nSPS) is 9.89. The standard InChI is InChI=1S/C13H7BrF2N2/c14-12-8(7-17)5-6-11(13(12)16)18-10-4-2-1-3-9(10)15/h1-6,18H. The Hall–Kier alpha value is -1.93. The van der Waals surface area contributed by atoms with Crippen molar-refractivity contribution in [3.8, 4) is 6.07 Å². The Morgan fingerprint density at radius 2 is 1.78 bits per heavy atom. The maximum Gasteiger partial charge on any atom is 0.162 e. The van der Waals surface area contributed by atoms with Crippen LogP contribution in [0.3, 0.4) is 0 Å². The molecule has 2 aromatic rings. The first-order chi connectivity index (χ1) is 8.63. The molecule has 0 fully saturated rings. The van der Waals surface area contributed by atoms with Gasteiger partial charge in [-0.05, 0) is 40.2 Å². The van der Waals surface area contributed by atoms with E-state index in [2.05, 4.69) is 21.2 Å². The molecule has 0 radical (unpaired) electrons. The number of benzene rings is 2. The monoisotopic (exact) mass is 308 g/mol. The molecular formula is C13H7BrF2N2. The summed E-state index contributed by atoms with van der Waals surface area (Å²) in [6.07, 6.45) is 0. The zero-order chi connectivity index (χ0) is 13.1. The highest BCUT2D eigenvalue weighted by atomic mass is 79.9. The van der Waals surface area contributed by atoms with E-state index in [1.807, 2.05) is 6.07 Å². The first-order valence-corrected chi connectivity index (χ1v) is 5.82. The summed E-state index contributed by atoms with van der Waals surface area (Å²) in [4.78, 5) is 0. The molecular weight excluding hydrogens is 302 g/mol. The van der Waals surface area contributed by atoms with Crippen molar-refractivity contribution in [3.05, 3.63) is 58.1 Å². The Balaban J connectivity index is 2.40. The lowest BCUT2D eigenvalue weighted by Gasteiger charge is -2.09. The van der Waals surface area contributed by atoms with E-state index in [9.17, 15) is 8.78 Å². The fraction of sp³-hybridized carbons (Fsp3) is 0. The zero-order valence-electron chi connectivity index (χ0n) is 9.05. The van der Waals surface area contributed by atoms with Gasteiger partial charge < -0.3 is 5.32 Å². The summed E-state index contributed by atoms with van der Waals surface area (Å²) in [5.41, 5.74) is 0.463. The number of rotatable bonds is 2. The molecule has 5 heteroatoms. The van der Waals surface area contributed by atoms with Crippen molar-refractivity contribution >= 4 is 27.3 Å². The lowest BCUT2D eigenvalue weighted by molar-refractivity contribution is 0.621. The number of anilines is 2. The van der Waals surface area contributed by atoms with Crippen molar-refractivity contribution in [2.45, 2.75) is 0 Å². The molecule has 0 saturated carbocycles. The second kappa shape index (κ2) is 5.15. The molecule has 2 rings (SSSR count). The molecule has 0 heterocycles. The largest absolute Gasteiger partial charge is 0.351 e. The van der Waals surface area contributed by atoms with Gasteiger partial charge in [-0.3, -0.25) is 0 Å². The van der Waals surface area contributed by atoms with E-state index in [0.717, 1.165) is 0 Å². The number of hydrogen-bond acceptors (Lipinski definition) is 2. The maximum absolute atomic E-state index is 13.9. The summed E-state index contributed by atoms with van der Waals surface area (Å²) < 4.78 is 27.3. The molecule has 90 valence electrons. The van der Waals surface area contributed by atoms with Crippen molar-refractivity contribution in [1.82, 2.24) is 0 Å². The topological polar surface area (TPSA) is 35.8 Å². The number of nitriles is 1. The van der Waals surface area contributed by atoms with Crippen molar-refractivity contribution in [2.75, 3.05) is 5.32 Å². The van der Waals surface area contributed by atoms with E-state index in [1.165, 1.54) is 24.3 Å². The summed E-state index contributed by atoms with van der Waals surface area (Å²) in [5, 5.41) is 11.4. The van der Waals surface area contributed by atoms with Crippen LogP contribution in [0, 0.1) is 23.0 Å². The molecule has 0 spiro atoms. The van der Waals surface area contributed by atoms with Crippen LogP contribution in [0.25, 0.3) is 0 Å². The van der Waals surface area contributed by atoms with Crippen LogP contribution in [0.4, 0.5) is 20.2 Å². The minimum absolute atomic E-state index is 0.0614. The van der Waals surface area contributed by atoms with Crippen molar-refractivity contribution < 1.29 is 8.78 Å². The van der Waals surface area contributed by atoms with Crippen molar-refractivity contribution in [1.29, 1.82) is 5.26 Å². The Kier molecular flexibility index (Phi) is 3.58. The third-order valence-electron chi connectivity index (χ3n) is 2.35. The van der Waals surface area contributed by atoms with Crippen LogP contribution in [0.1, 0.15) is 5.56 Å². The van der Waals surface area contributed by atoms with Gasteiger partial charge in [-0.1, -0.05) is 12.1 Å². The van der Waals surface area contributed by atoms with Gasteiger partial charge in [0, 0.05) is 0 Å². The third kappa shape index (κ3) is 2.34. The van der Waals surface area contributed by atoms with Gasteiger partial charge in [0.15, 0.2) is 5.82 Å². The highest BCUT2D eigenvalue weighted by Crippen LogP contribution is 2.29. The van der Waals surface area contributed by atoms with E-state index < -0.39 is 11.6 Å². The van der Waals surface area contributed by atoms with Gasteiger partial charge in [0.05, 0.1) is 21.4 Å². The summed E-state index contributed by atoms with van der Waals surface area (Å²) >= 11 is 2.99. The molecule has 2 aromatic carbocycles. The molecule has 0 atom stereocenters. The van der Waals surface area contributed by atoms with E-state index in [1.54, 1.807) is 12.1 Å². The molecule has 0 aliphatic carbocycles. The van der Waals surface area contributed by atoms with Crippen molar-refractivity contribution in [2.24, 2.45) is 0 Å². The van der Waals surface area contributed by atoms with Crippen LogP contribution in [0.5, 0.6) is 0 Å². The molecule has 0 aliphatic rings. The van der Waals surface area contributed by atoms with E-state index >= 15 is 0 Å². The van der Waals surface area contributed by atoms with Crippen LogP contribution in [-0.2, 0) is 0 Å². The lowest BCUT2D eigenvalue weighted by Crippen LogP contribution is -1.98. The fourth-order valence-electron chi connectivity index (χ4n) is 1.44. The second-order valence-electron chi connectivity index (χ2n) is 3.51. The van der Waals surface area contributed by atoms with Crippen LogP contribution in [-0.4, -0.2) is 0 Å². The lowest BCUT2D eigenvalue weighted by atomic mass is 10.2. The molecule has 2 nitrogen and oxygen atoms in total. The number of para-hydroxylation sites is 1. The summed E-state index contributed by atoms with van der Waals surface area (Å²) in [7, 11) is 0. The van der Waals surface area contributed by atoms with E-state index in [0.29, 0.717) is 0 Å². The number of nitrogens with one attached hydrogen (secondary N) is 1. The van der Waals surface area contributed by atoms with E-state index in [4.69, 9.17) is 5.26 Å². The Labute approximate surface area is 111 Å². The summed E-state index contributed by atoms with van der Waals surface area (Å²) in [5.74, 6) is -1.10. The highest BCUT2D eigenvalue weighted by Gasteiger charge is 2.12. The molecule has 0 amide bonds. The second-order valence-corrected chi connectivity index (χ2v) is 4.30. The highest BCUT2D eigenvalue weighted by molar-refractivity contribution is 9.10. The molecule has 0 saturated heterocycles. The van der Waals surface area contributed by atoms with Crippen LogP contribution in [0.15, 0.2) is 40.9 Å². The number of nitrogens with zero attached hydrogens (tertiary/aromatic N) is 1. The van der Waals surface area contributed by atoms with Crippen LogP contribution < -0.4 is 5.32 Å². The van der Waals surface area contributed by atoms with Gasteiger partial charge in [0.25, 0.3) is 0 Å². The van der Waals surface area contributed by atoms with Gasteiger partial charge in [-0.2, -0.15) is 5.26 Å². The number of halogens is 3. The Bertz CT molecular complexity index is 635. The fourth-order valence-corrected chi connectivity index (χ4v) is 1.87. The molecule has 18 heavy (non-hydrogen) atoms. The van der Waals surface area contributed by atoms with Crippen LogP contribution >= 0.6 is 15.9 Å². The third-order valence-corrected chi connectivity index (χ3v) is 3.12. The van der Waals surface area contributed by atoms with Gasteiger partial charge >= 0.3 is 0 Å². The maximum atomic E-state index is 13.9. The van der Waals surface area contributed by atoms with Gasteiger partial charge in [-0.15, -0.1) is 0 Å². The predicted molar refractivity (Wildman–Crippen MR) is 68.5 cm³/mol. The van der Waals surface area contributed by atoms with Gasteiger partial charge in [0.2, 0.25) is 0 Å². The smallest absolute Gasteiger partial charge is 0.162 e. The quantitative estimate of drug-likeness (QED) is 0.895. The Morgan fingerprint density at radius 3 is 2.44 bits per heavy atom. The van der Waals surface area contributed by atoms with E-state index in [-0.39, 0.29) is 21.4 Å². The van der Waals surface area contributed by atoms with Gasteiger partial charge in [0.1, 0.15) is 11.9 Å². The predicted octanol–water partition coefficient (Wildman–Crippen LogP) is 4.34. The first kappa shape index (κ1) is 12.5.